The molecule has 0 fully saturated rings. The minimum absolute atomic E-state index is 0.0882. The normalized spacial score (nSPS) is 15.8. The van der Waals surface area contributed by atoms with E-state index in [-0.39, 0.29) is 10.8 Å². The molecule has 316 valence electrons. The fourth-order valence-corrected chi connectivity index (χ4v) is 10.9. The smallest absolute Gasteiger partial charge is 0.0503 e. The number of hydrogen-bond acceptors (Lipinski definition) is 1. The van der Waals surface area contributed by atoms with Gasteiger partial charge in [-0.25, -0.2) is 0 Å². The van der Waals surface area contributed by atoms with Crippen LogP contribution >= 0.6 is 0 Å². The summed E-state index contributed by atoms with van der Waals surface area (Å²) in [6, 6.07) is 77.5. The van der Waals surface area contributed by atoms with E-state index in [1.54, 1.807) is 0 Å². The first-order valence-electron chi connectivity index (χ1n) is 23.2. The zero-order valence-electron chi connectivity index (χ0n) is 38.6. The molecule has 0 saturated carbocycles. The summed E-state index contributed by atoms with van der Waals surface area (Å²) >= 11 is 0. The molecule has 9 aromatic rings. The molecular formula is C64H55N. The Morgan fingerprint density at radius 1 is 0.385 bits per heavy atom. The van der Waals surface area contributed by atoms with Gasteiger partial charge in [0.05, 0.1) is 11.4 Å². The molecule has 0 saturated heterocycles. The first-order valence-corrected chi connectivity index (χ1v) is 23.2. The summed E-state index contributed by atoms with van der Waals surface area (Å²) in [7, 11) is 0. The molecule has 0 spiro atoms. The van der Waals surface area contributed by atoms with Gasteiger partial charge in [0.25, 0.3) is 0 Å². The summed E-state index contributed by atoms with van der Waals surface area (Å²) in [5, 5.41) is 0. The maximum absolute atomic E-state index is 2.51. The van der Waals surface area contributed by atoms with Crippen molar-refractivity contribution in [2.45, 2.75) is 64.7 Å². The van der Waals surface area contributed by atoms with Gasteiger partial charge in [0.2, 0.25) is 0 Å². The highest BCUT2D eigenvalue weighted by Gasteiger charge is 2.44. The average Bonchev–Trinajstić information content (AvgIpc) is 3.59. The molecule has 0 bridgehead atoms. The van der Waals surface area contributed by atoms with Crippen LogP contribution in [0.25, 0.3) is 55.6 Å². The van der Waals surface area contributed by atoms with E-state index in [2.05, 4.69) is 260 Å². The lowest BCUT2D eigenvalue weighted by Crippen LogP contribution is -2.30. The minimum Gasteiger partial charge on any atom is -0.310 e. The van der Waals surface area contributed by atoms with E-state index in [9.17, 15) is 0 Å². The second-order valence-electron chi connectivity index (χ2n) is 20.0. The van der Waals surface area contributed by atoms with Crippen LogP contribution in [0.3, 0.4) is 0 Å². The Kier molecular flexibility index (Phi) is 9.49. The molecule has 1 unspecified atom stereocenters. The number of fused-ring (bicyclic) bond motifs is 5. The number of para-hydroxylation sites is 1. The fourth-order valence-electron chi connectivity index (χ4n) is 10.9. The van der Waals surface area contributed by atoms with Gasteiger partial charge in [0, 0.05) is 16.5 Å². The largest absolute Gasteiger partial charge is 0.310 e. The fraction of sp³-hybridized carbons (Fsp3) is 0.156. The molecule has 1 atom stereocenters. The van der Waals surface area contributed by atoms with Crippen LogP contribution < -0.4 is 4.90 Å². The minimum atomic E-state index is -0.413. The van der Waals surface area contributed by atoms with Crippen molar-refractivity contribution in [2.24, 2.45) is 0 Å². The molecule has 0 N–H and O–H groups in total. The lowest BCUT2D eigenvalue weighted by molar-refractivity contribution is 0.590. The van der Waals surface area contributed by atoms with Crippen LogP contribution in [-0.2, 0) is 16.2 Å². The van der Waals surface area contributed by atoms with E-state index in [4.69, 9.17) is 0 Å². The molecule has 2 aliphatic rings. The van der Waals surface area contributed by atoms with Crippen molar-refractivity contribution in [3.05, 3.63) is 245 Å². The van der Waals surface area contributed by atoms with Crippen LogP contribution in [0.4, 0.5) is 17.1 Å². The van der Waals surface area contributed by atoms with E-state index >= 15 is 0 Å². The van der Waals surface area contributed by atoms with Crippen LogP contribution in [0.2, 0.25) is 0 Å². The number of aryl methyl sites for hydroxylation is 1. The molecule has 1 nitrogen and oxygen atoms in total. The Labute approximate surface area is 385 Å². The van der Waals surface area contributed by atoms with Gasteiger partial charge in [-0.15, -0.1) is 0 Å². The number of nitrogens with zero attached hydrogens (tertiary/aromatic N) is 1. The van der Waals surface area contributed by atoms with Gasteiger partial charge in [0.15, 0.2) is 0 Å². The maximum Gasteiger partial charge on any atom is 0.0503 e. The van der Waals surface area contributed by atoms with E-state index in [1.807, 2.05) is 0 Å². The Morgan fingerprint density at radius 3 is 1.58 bits per heavy atom. The van der Waals surface area contributed by atoms with E-state index in [1.165, 1.54) is 106 Å². The van der Waals surface area contributed by atoms with Crippen molar-refractivity contribution in [2.75, 3.05) is 4.90 Å². The van der Waals surface area contributed by atoms with Gasteiger partial charge in [-0.3, -0.25) is 0 Å². The predicted octanol–water partition coefficient (Wildman–Crippen LogP) is 17.4. The summed E-state index contributed by atoms with van der Waals surface area (Å²) < 4.78 is 0. The number of anilines is 3. The Bertz CT molecular complexity index is 3240. The van der Waals surface area contributed by atoms with Gasteiger partial charge < -0.3 is 4.90 Å². The first kappa shape index (κ1) is 40.5. The monoisotopic (exact) mass is 837 g/mol. The summed E-state index contributed by atoms with van der Waals surface area (Å²) in [6.45, 7) is 16.3. The highest BCUT2D eigenvalue weighted by molar-refractivity contribution is 5.95. The van der Waals surface area contributed by atoms with Gasteiger partial charge in [-0.2, -0.15) is 0 Å². The molecule has 1 aliphatic carbocycles. The lowest BCUT2D eigenvalue weighted by atomic mass is 9.71. The molecule has 11 rings (SSSR count). The highest BCUT2D eigenvalue weighted by Crippen LogP contribution is 2.58. The second kappa shape index (κ2) is 15.2. The molecule has 0 radical (unpaired) electrons. The summed E-state index contributed by atoms with van der Waals surface area (Å²) in [6.07, 6.45) is 0. The summed E-state index contributed by atoms with van der Waals surface area (Å²) in [4.78, 5) is 2.46. The van der Waals surface area contributed by atoms with E-state index in [0.29, 0.717) is 0 Å². The van der Waals surface area contributed by atoms with Crippen LogP contribution in [0, 0.1) is 6.92 Å². The standard InChI is InChI=1S/C64H55N/c1-42-22-30-51(31-23-42)64(7)57-40-47(28-36-53(57)55-39-49(45-24-32-50(33-25-45)62(2,3)4)38-54(61(55)64)46-18-12-9-13-19-46)48-29-37-60-58(41-48)63(5,6)56-20-14-15-21-59(56)65(60)52-34-26-44(27-35-52)43-16-10-8-11-17-43/h8-41H,1-7H3. The predicted molar refractivity (Wildman–Crippen MR) is 276 cm³/mol. The Hall–Kier alpha value is -7.22. The molecular weight excluding hydrogens is 783 g/mol. The van der Waals surface area contributed by atoms with E-state index < -0.39 is 5.41 Å². The van der Waals surface area contributed by atoms with Gasteiger partial charge in [-0.1, -0.05) is 198 Å². The number of benzene rings is 9. The Morgan fingerprint density at radius 2 is 0.908 bits per heavy atom. The molecule has 0 amide bonds. The maximum atomic E-state index is 2.51. The molecule has 1 heterocycles. The third kappa shape index (κ3) is 6.67. The van der Waals surface area contributed by atoms with E-state index in [0.717, 1.165) is 5.69 Å². The first-order chi connectivity index (χ1) is 31.4. The van der Waals surface area contributed by atoms with Crippen molar-refractivity contribution in [1.29, 1.82) is 0 Å². The third-order valence-corrected chi connectivity index (χ3v) is 14.6. The molecule has 1 aliphatic heterocycles. The van der Waals surface area contributed by atoms with Crippen molar-refractivity contribution in [3.63, 3.8) is 0 Å². The molecule has 65 heavy (non-hydrogen) atoms. The summed E-state index contributed by atoms with van der Waals surface area (Å²) in [5.74, 6) is 0. The van der Waals surface area contributed by atoms with Crippen molar-refractivity contribution >= 4 is 17.1 Å². The molecule has 1 heteroatoms. The average molecular weight is 838 g/mol. The number of hydrogen-bond donors (Lipinski definition) is 0. The SMILES string of the molecule is Cc1ccc(C2(C)c3cc(-c4ccc5c(c4)C(C)(C)c4ccccc4N5c4ccc(-c5ccccc5)cc4)ccc3-c3cc(-c4ccc(C(C)(C)C)cc4)cc(-c4ccccc4)c32)cc1. The van der Waals surface area contributed by atoms with Crippen molar-refractivity contribution in [1.82, 2.24) is 0 Å². The topological polar surface area (TPSA) is 3.24 Å². The van der Waals surface area contributed by atoms with Gasteiger partial charge >= 0.3 is 0 Å². The van der Waals surface area contributed by atoms with Gasteiger partial charge in [0.1, 0.15) is 0 Å². The second-order valence-corrected chi connectivity index (χ2v) is 20.0. The zero-order chi connectivity index (χ0) is 44.7. The third-order valence-electron chi connectivity index (χ3n) is 14.6. The van der Waals surface area contributed by atoms with Crippen molar-refractivity contribution < 1.29 is 0 Å². The van der Waals surface area contributed by atoms with Crippen LogP contribution in [-0.4, -0.2) is 0 Å². The zero-order valence-corrected chi connectivity index (χ0v) is 38.6. The summed E-state index contributed by atoms with van der Waals surface area (Å²) in [5.41, 5.74) is 24.8. The van der Waals surface area contributed by atoms with Crippen LogP contribution in [0.5, 0.6) is 0 Å². The highest BCUT2D eigenvalue weighted by atomic mass is 15.2. The lowest BCUT2D eigenvalue weighted by Gasteiger charge is -2.42. The molecule has 0 aromatic heterocycles. The quantitative estimate of drug-likeness (QED) is 0.161. The Balaban J connectivity index is 1.08. The van der Waals surface area contributed by atoms with Gasteiger partial charge in [-0.05, 0) is 157 Å². The number of rotatable bonds is 6. The van der Waals surface area contributed by atoms with Crippen LogP contribution in [0.15, 0.2) is 206 Å². The van der Waals surface area contributed by atoms with Crippen molar-refractivity contribution in [3.8, 4) is 55.6 Å². The van der Waals surface area contributed by atoms with Crippen LogP contribution in [0.1, 0.15) is 80.5 Å². The molecule has 9 aromatic carbocycles.